The molecule has 3 rings (SSSR count). The molecule has 0 heterocycles. The lowest BCUT2D eigenvalue weighted by molar-refractivity contribution is -0.142. The van der Waals surface area contributed by atoms with Crippen LogP contribution in [0.25, 0.3) is 0 Å². The first-order chi connectivity index (χ1) is 16.5. The molecule has 0 fully saturated rings. The van der Waals surface area contributed by atoms with Gasteiger partial charge in [0.05, 0.1) is 5.02 Å². The molecule has 0 bridgehead atoms. The molecule has 0 aliphatic heterocycles. The molecule has 1 N–H and O–H groups in total. The van der Waals surface area contributed by atoms with Crippen LogP contribution in [0.5, 0.6) is 5.75 Å². The SMILES string of the molecule is CCCNC(=O)[C@@H](Cc1ccccc1)N(Cc1cccc(C)c1)C(=O)COc1ccccc1Cl. The van der Waals surface area contributed by atoms with Crippen LogP contribution in [0.4, 0.5) is 0 Å². The second kappa shape index (κ2) is 12.8. The van der Waals surface area contributed by atoms with Gasteiger partial charge in [0.1, 0.15) is 11.8 Å². The Balaban J connectivity index is 1.90. The lowest BCUT2D eigenvalue weighted by Gasteiger charge is -2.31. The number of nitrogens with one attached hydrogen (secondary N) is 1. The van der Waals surface area contributed by atoms with Crippen molar-refractivity contribution < 1.29 is 14.3 Å². The lowest BCUT2D eigenvalue weighted by Crippen LogP contribution is -2.51. The summed E-state index contributed by atoms with van der Waals surface area (Å²) in [6.45, 7) is 4.63. The van der Waals surface area contributed by atoms with Crippen molar-refractivity contribution in [1.82, 2.24) is 10.2 Å². The van der Waals surface area contributed by atoms with Gasteiger partial charge in [-0.15, -0.1) is 0 Å². The maximum Gasteiger partial charge on any atom is 0.261 e. The zero-order valence-corrected chi connectivity index (χ0v) is 20.4. The number of carbonyl (C=O) groups is 2. The third-order valence-electron chi connectivity index (χ3n) is 5.44. The van der Waals surface area contributed by atoms with E-state index in [0.29, 0.717) is 30.3 Å². The van der Waals surface area contributed by atoms with Crippen LogP contribution in [-0.4, -0.2) is 35.9 Å². The summed E-state index contributed by atoms with van der Waals surface area (Å²) in [5.74, 6) is -0.0264. The summed E-state index contributed by atoms with van der Waals surface area (Å²) in [7, 11) is 0. The Kier molecular flexibility index (Phi) is 9.53. The third-order valence-corrected chi connectivity index (χ3v) is 5.76. The Morgan fingerprint density at radius 1 is 0.971 bits per heavy atom. The summed E-state index contributed by atoms with van der Waals surface area (Å²) < 4.78 is 5.75. The molecule has 0 radical (unpaired) electrons. The number of rotatable bonds is 11. The topological polar surface area (TPSA) is 58.6 Å². The normalized spacial score (nSPS) is 11.5. The highest BCUT2D eigenvalue weighted by molar-refractivity contribution is 6.32. The van der Waals surface area contributed by atoms with Crippen LogP contribution in [0.1, 0.15) is 30.0 Å². The van der Waals surface area contributed by atoms with Crippen molar-refractivity contribution in [1.29, 1.82) is 0 Å². The second-order valence-electron chi connectivity index (χ2n) is 8.23. The Morgan fingerprint density at radius 3 is 2.38 bits per heavy atom. The van der Waals surface area contributed by atoms with Crippen LogP contribution in [0.3, 0.4) is 0 Å². The van der Waals surface area contributed by atoms with Crippen LogP contribution in [-0.2, 0) is 22.6 Å². The molecule has 6 heteroatoms. The highest BCUT2D eigenvalue weighted by Crippen LogP contribution is 2.23. The maximum atomic E-state index is 13.5. The van der Waals surface area contributed by atoms with E-state index in [2.05, 4.69) is 5.32 Å². The molecule has 0 aromatic heterocycles. The molecule has 0 saturated carbocycles. The molecule has 2 amide bonds. The quantitative estimate of drug-likeness (QED) is 0.412. The van der Waals surface area contributed by atoms with Gasteiger partial charge in [-0.1, -0.05) is 90.8 Å². The largest absolute Gasteiger partial charge is 0.482 e. The van der Waals surface area contributed by atoms with E-state index in [1.807, 2.05) is 68.4 Å². The Hall–Kier alpha value is -3.31. The average molecular weight is 479 g/mol. The number of nitrogens with zero attached hydrogens (tertiary/aromatic N) is 1. The van der Waals surface area contributed by atoms with E-state index in [0.717, 1.165) is 23.1 Å². The van der Waals surface area contributed by atoms with Crippen molar-refractivity contribution in [2.75, 3.05) is 13.2 Å². The van der Waals surface area contributed by atoms with Gasteiger partial charge in [0.25, 0.3) is 5.91 Å². The molecule has 3 aromatic rings. The van der Waals surface area contributed by atoms with Crippen LogP contribution >= 0.6 is 11.6 Å². The number of halogens is 1. The zero-order chi connectivity index (χ0) is 24.3. The predicted octanol–water partition coefficient (Wildman–Crippen LogP) is 5.19. The Morgan fingerprint density at radius 2 is 1.68 bits per heavy atom. The van der Waals surface area contributed by atoms with E-state index in [9.17, 15) is 9.59 Å². The van der Waals surface area contributed by atoms with Gasteiger partial charge in [0, 0.05) is 19.5 Å². The van der Waals surface area contributed by atoms with Crippen LogP contribution in [0.2, 0.25) is 5.02 Å². The molecule has 1 atom stereocenters. The summed E-state index contributed by atoms with van der Waals surface area (Å²) in [6.07, 6.45) is 1.21. The molecule has 0 aliphatic carbocycles. The number of hydrogen-bond acceptors (Lipinski definition) is 3. The minimum absolute atomic E-state index is 0.176. The van der Waals surface area contributed by atoms with Crippen molar-refractivity contribution >= 4 is 23.4 Å². The number of hydrogen-bond donors (Lipinski definition) is 1. The third kappa shape index (κ3) is 7.35. The minimum Gasteiger partial charge on any atom is -0.482 e. The molecule has 0 aliphatic rings. The maximum absolute atomic E-state index is 13.5. The zero-order valence-electron chi connectivity index (χ0n) is 19.7. The summed E-state index contributed by atoms with van der Waals surface area (Å²) in [6, 6.07) is 24.0. The van der Waals surface area contributed by atoms with Crippen molar-refractivity contribution in [3.05, 3.63) is 101 Å². The van der Waals surface area contributed by atoms with Gasteiger partial charge >= 0.3 is 0 Å². The number of aryl methyl sites for hydroxylation is 1. The number of ether oxygens (including phenoxy) is 1. The van der Waals surface area contributed by atoms with Gasteiger partial charge in [-0.05, 0) is 36.6 Å². The van der Waals surface area contributed by atoms with Crippen molar-refractivity contribution in [3.63, 3.8) is 0 Å². The molecule has 5 nitrogen and oxygen atoms in total. The molecule has 0 unspecified atom stereocenters. The van der Waals surface area contributed by atoms with Gasteiger partial charge in [-0.3, -0.25) is 9.59 Å². The van der Waals surface area contributed by atoms with Gasteiger partial charge < -0.3 is 15.0 Å². The fourth-order valence-electron chi connectivity index (χ4n) is 3.71. The Labute approximate surface area is 206 Å². The van der Waals surface area contributed by atoms with Crippen LogP contribution in [0.15, 0.2) is 78.9 Å². The first-order valence-electron chi connectivity index (χ1n) is 11.5. The van der Waals surface area contributed by atoms with Crippen molar-refractivity contribution in [3.8, 4) is 5.75 Å². The van der Waals surface area contributed by atoms with Gasteiger partial charge in [-0.2, -0.15) is 0 Å². The highest BCUT2D eigenvalue weighted by Gasteiger charge is 2.30. The monoisotopic (exact) mass is 478 g/mol. The predicted molar refractivity (Wildman–Crippen MR) is 136 cm³/mol. The van der Waals surface area contributed by atoms with Crippen LogP contribution < -0.4 is 10.1 Å². The fourth-order valence-corrected chi connectivity index (χ4v) is 3.90. The van der Waals surface area contributed by atoms with Crippen molar-refractivity contribution in [2.24, 2.45) is 0 Å². The van der Waals surface area contributed by atoms with Crippen LogP contribution in [0, 0.1) is 6.92 Å². The molecule has 3 aromatic carbocycles. The first-order valence-corrected chi connectivity index (χ1v) is 11.9. The van der Waals surface area contributed by atoms with E-state index in [-0.39, 0.29) is 18.4 Å². The van der Waals surface area contributed by atoms with E-state index in [1.165, 1.54) is 0 Å². The Bertz CT molecular complexity index is 1090. The lowest BCUT2D eigenvalue weighted by atomic mass is 10.0. The molecule has 0 saturated heterocycles. The summed E-state index contributed by atoms with van der Waals surface area (Å²) in [4.78, 5) is 28.4. The summed E-state index contributed by atoms with van der Waals surface area (Å²) in [5, 5.41) is 3.41. The average Bonchev–Trinajstić information content (AvgIpc) is 2.84. The summed E-state index contributed by atoms with van der Waals surface area (Å²) in [5.41, 5.74) is 3.02. The molecule has 0 spiro atoms. The second-order valence-corrected chi connectivity index (χ2v) is 8.63. The van der Waals surface area contributed by atoms with E-state index >= 15 is 0 Å². The number of para-hydroxylation sites is 1. The van der Waals surface area contributed by atoms with E-state index in [4.69, 9.17) is 16.3 Å². The van der Waals surface area contributed by atoms with Gasteiger partial charge in [0.2, 0.25) is 5.91 Å². The molecular formula is C28H31ClN2O3. The number of carbonyl (C=O) groups excluding carboxylic acids is 2. The van der Waals surface area contributed by atoms with Crippen molar-refractivity contribution in [2.45, 2.75) is 39.3 Å². The summed E-state index contributed by atoms with van der Waals surface area (Å²) >= 11 is 6.20. The number of amides is 2. The van der Waals surface area contributed by atoms with Gasteiger partial charge in [-0.25, -0.2) is 0 Å². The number of benzene rings is 3. The van der Waals surface area contributed by atoms with E-state index < -0.39 is 6.04 Å². The minimum atomic E-state index is -0.684. The fraction of sp³-hybridized carbons (Fsp3) is 0.286. The van der Waals surface area contributed by atoms with Gasteiger partial charge in [0.15, 0.2) is 6.61 Å². The first kappa shape index (κ1) is 25.3. The van der Waals surface area contributed by atoms with E-state index in [1.54, 1.807) is 29.2 Å². The molecular weight excluding hydrogens is 448 g/mol. The smallest absolute Gasteiger partial charge is 0.261 e. The molecule has 178 valence electrons. The highest BCUT2D eigenvalue weighted by atomic mass is 35.5. The molecule has 34 heavy (non-hydrogen) atoms. The standard InChI is InChI=1S/C28H31ClN2O3/c1-3-16-30-28(33)25(18-22-11-5-4-6-12-22)31(19-23-13-9-10-21(2)17-23)27(32)20-34-26-15-8-7-14-24(26)29/h4-15,17,25H,3,16,18-20H2,1-2H3,(H,30,33)/t25-/m1/s1.